The molecule has 36 heavy (non-hydrogen) atoms. The van der Waals surface area contributed by atoms with Crippen LogP contribution in [0.3, 0.4) is 0 Å². The summed E-state index contributed by atoms with van der Waals surface area (Å²) in [5.74, 6) is 3.50. The number of thiophene rings is 1. The molecule has 3 aromatic heterocycles. The van der Waals surface area contributed by atoms with Crippen molar-refractivity contribution < 1.29 is 9.47 Å². The Hall–Kier alpha value is -2.11. The summed E-state index contributed by atoms with van der Waals surface area (Å²) < 4.78 is 14.4. The van der Waals surface area contributed by atoms with Gasteiger partial charge in [0.25, 0.3) is 0 Å². The minimum atomic E-state index is 0.717. The van der Waals surface area contributed by atoms with E-state index < -0.39 is 0 Å². The van der Waals surface area contributed by atoms with E-state index in [1.165, 1.54) is 24.9 Å². The highest BCUT2D eigenvalue weighted by Crippen LogP contribution is 2.33. The number of hydrogen-bond acceptors (Lipinski definition) is 9. The number of imidazole rings is 1. The zero-order valence-corrected chi connectivity index (χ0v) is 22.3. The number of fused-ring (bicyclic) bond motifs is 1. The summed E-state index contributed by atoms with van der Waals surface area (Å²) in [6, 6.07) is 0. The van der Waals surface area contributed by atoms with Gasteiger partial charge in [-0.2, -0.15) is 4.98 Å². The van der Waals surface area contributed by atoms with Crippen molar-refractivity contribution in [1.29, 1.82) is 0 Å². The van der Waals surface area contributed by atoms with Crippen molar-refractivity contribution in [3.63, 3.8) is 0 Å². The lowest BCUT2D eigenvalue weighted by atomic mass is 9.99. The maximum absolute atomic E-state index is 5.58. The molecular formula is C26H37N7O2S. The van der Waals surface area contributed by atoms with Gasteiger partial charge < -0.3 is 19.3 Å². The van der Waals surface area contributed by atoms with Crippen LogP contribution >= 0.6 is 11.3 Å². The fourth-order valence-corrected chi connectivity index (χ4v) is 6.60. The molecule has 3 fully saturated rings. The second-order valence-corrected chi connectivity index (χ2v) is 11.2. The van der Waals surface area contributed by atoms with Gasteiger partial charge in [-0.05, 0) is 38.0 Å². The van der Waals surface area contributed by atoms with Gasteiger partial charge in [-0.15, -0.1) is 11.3 Å². The average molecular weight is 512 g/mol. The normalized spacial score (nSPS) is 21.0. The minimum absolute atomic E-state index is 0.717. The SMILES string of the molecule is Cc1cn(-c2nc(N3CCOCC3)nc3c(CN4CCN(CC5CCOCC5)CC4)csc23)c(C)n1. The Kier molecular flexibility index (Phi) is 7.21. The number of hydrogen-bond donors (Lipinski definition) is 0. The predicted octanol–water partition coefficient (Wildman–Crippen LogP) is 2.87. The van der Waals surface area contributed by atoms with Gasteiger partial charge in [-0.1, -0.05) is 0 Å². The summed E-state index contributed by atoms with van der Waals surface area (Å²) >= 11 is 1.76. The largest absolute Gasteiger partial charge is 0.381 e. The molecule has 0 bridgehead atoms. The number of piperazine rings is 1. The van der Waals surface area contributed by atoms with E-state index in [1.807, 2.05) is 13.8 Å². The molecule has 0 N–H and O–H groups in total. The maximum atomic E-state index is 5.58. The molecule has 9 nitrogen and oxygen atoms in total. The molecule has 0 unspecified atom stereocenters. The molecule has 3 saturated heterocycles. The van der Waals surface area contributed by atoms with E-state index in [0.717, 1.165) is 98.4 Å². The molecule has 6 heterocycles. The number of morpholine rings is 1. The van der Waals surface area contributed by atoms with Crippen molar-refractivity contribution in [3.05, 3.63) is 28.7 Å². The topological polar surface area (TPSA) is 71.8 Å². The van der Waals surface area contributed by atoms with Gasteiger partial charge in [-0.25, -0.2) is 9.97 Å². The van der Waals surface area contributed by atoms with E-state index in [-0.39, 0.29) is 0 Å². The van der Waals surface area contributed by atoms with Crippen LogP contribution in [0.15, 0.2) is 11.6 Å². The van der Waals surface area contributed by atoms with Crippen molar-refractivity contribution in [2.24, 2.45) is 5.92 Å². The van der Waals surface area contributed by atoms with Gasteiger partial charge in [0.2, 0.25) is 5.95 Å². The second kappa shape index (κ2) is 10.7. The molecule has 0 atom stereocenters. The number of rotatable bonds is 6. The number of aryl methyl sites for hydroxylation is 2. The molecule has 0 aromatic carbocycles. The molecular weight excluding hydrogens is 474 g/mol. The molecule has 0 aliphatic carbocycles. The van der Waals surface area contributed by atoms with E-state index >= 15 is 0 Å². The highest BCUT2D eigenvalue weighted by atomic mass is 32.1. The van der Waals surface area contributed by atoms with E-state index in [4.69, 9.17) is 19.4 Å². The summed E-state index contributed by atoms with van der Waals surface area (Å²) in [5, 5.41) is 2.29. The van der Waals surface area contributed by atoms with Gasteiger partial charge >= 0.3 is 0 Å². The zero-order valence-electron chi connectivity index (χ0n) is 21.5. The first-order chi connectivity index (χ1) is 17.6. The zero-order chi connectivity index (χ0) is 24.5. The first kappa shape index (κ1) is 24.2. The van der Waals surface area contributed by atoms with Crippen molar-refractivity contribution >= 4 is 27.5 Å². The number of aromatic nitrogens is 4. The van der Waals surface area contributed by atoms with Crippen LogP contribution in [0, 0.1) is 19.8 Å². The number of ether oxygens (including phenoxy) is 2. The van der Waals surface area contributed by atoms with Crippen LogP contribution in [0.25, 0.3) is 16.0 Å². The molecule has 194 valence electrons. The fraction of sp³-hybridized carbons (Fsp3) is 0.654. The Balaban J connectivity index is 1.23. The third-order valence-corrected chi connectivity index (χ3v) is 8.71. The highest BCUT2D eigenvalue weighted by Gasteiger charge is 2.25. The summed E-state index contributed by atoms with van der Waals surface area (Å²) in [4.78, 5) is 22.3. The molecule has 3 aliphatic rings. The smallest absolute Gasteiger partial charge is 0.228 e. The van der Waals surface area contributed by atoms with E-state index in [0.29, 0.717) is 13.2 Å². The van der Waals surface area contributed by atoms with Crippen LogP contribution in [0.1, 0.15) is 29.9 Å². The van der Waals surface area contributed by atoms with Crippen LogP contribution in [0.5, 0.6) is 0 Å². The molecule has 10 heteroatoms. The lowest BCUT2D eigenvalue weighted by Gasteiger charge is -2.37. The molecule has 6 rings (SSSR count). The van der Waals surface area contributed by atoms with E-state index in [1.54, 1.807) is 11.3 Å². The minimum Gasteiger partial charge on any atom is -0.381 e. The average Bonchev–Trinajstić information content (AvgIpc) is 3.47. The van der Waals surface area contributed by atoms with Crippen LogP contribution in [0.2, 0.25) is 0 Å². The van der Waals surface area contributed by atoms with Crippen LogP contribution in [0.4, 0.5) is 5.95 Å². The Morgan fingerprint density at radius 1 is 0.889 bits per heavy atom. The summed E-state index contributed by atoms with van der Waals surface area (Å²) in [6.45, 7) is 15.7. The van der Waals surface area contributed by atoms with Gasteiger partial charge in [0.15, 0.2) is 5.82 Å². The van der Waals surface area contributed by atoms with Crippen molar-refractivity contribution in [1.82, 2.24) is 29.3 Å². The molecule has 0 saturated carbocycles. The number of anilines is 1. The first-order valence-electron chi connectivity index (χ1n) is 13.3. The fourth-order valence-electron chi connectivity index (χ4n) is 5.62. The van der Waals surface area contributed by atoms with Gasteiger partial charge in [-0.3, -0.25) is 9.47 Å². The summed E-state index contributed by atoms with van der Waals surface area (Å²) in [6.07, 6.45) is 4.51. The molecule has 0 radical (unpaired) electrons. The number of nitrogens with zero attached hydrogens (tertiary/aromatic N) is 7. The van der Waals surface area contributed by atoms with Crippen molar-refractivity contribution in [3.8, 4) is 5.82 Å². The lowest BCUT2D eigenvalue weighted by molar-refractivity contribution is 0.0415. The van der Waals surface area contributed by atoms with Crippen molar-refractivity contribution in [2.45, 2.75) is 33.2 Å². The third kappa shape index (κ3) is 5.15. The molecule has 3 aromatic rings. The quantitative estimate of drug-likeness (QED) is 0.500. The van der Waals surface area contributed by atoms with E-state index in [9.17, 15) is 0 Å². The Labute approximate surface area is 217 Å². The Morgan fingerprint density at radius 2 is 1.61 bits per heavy atom. The van der Waals surface area contributed by atoms with Gasteiger partial charge in [0.05, 0.1) is 29.1 Å². The summed E-state index contributed by atoms with van der Waals surface area (Å²) in [5.41, 5.74) is 3.39. The predicted molar refractivity (Wildman–Crippen MR) is 142 cm³/mol. The van der Waals surface area contributed by atoms with Crippen LogP contribution < -0.4 is 4.90 Å². The maximum Gasteiger partial charge on any atom is 0.228 e. The molecule has 0 spiro atoms. The van der Waals surface area contributed by atoms with Crippen LogP contribution in [-0.4, -0.2) is 102 Å². The monoisotopic (exact) mass is 511 g/mol. The van der Waals surface area contributed by atoms with Crippen molar-refractivity contribution in [2.75, 3.05) is 77.1 Å². The van der Waals surface area contributed by atoms with Crippen LogP contribution in [-0.2, 0) is 16.0 Å². The molecule has 0 amide bonds. The highest BCUT2D eigenvalue weighted by molar-refractivity contribution is 7.17. The summed E-state index contributed by atoms with van der Waals surface area (Å²) in [7, 11) is 0. The third-order valence-electron chi connectivity index (χ3n) is 7.70. The standard InChI is InChI=1S/C26H37N7O2S/c1-19-15-33(20(2)27-19)25-24-23(28-26(29-25)32-9-13-35-14-10-32)22(18-36-24)17-31-7-5-30(6-8-31)16-21-3-11-34-12-4-21/h15,18,21H,3-14,16-17H2,1-2H3. The van der Waals surface area contributed by atoms with E-state index in [2.05, 4.69) is 35.8 Å². The second-order valence-electron chi connectivity index (χ2n) is 10.3. The lowest BCUT2D eigenvalue weighted by Crippen LogP contribution is -2.47. The Morgan fingerprint density at radius 3 is 2.33 bits per heavy atom. The van der Waals surface area contributed by atoms with Gasteiger partial charge in [0, 0.05) is 77.3 Å². The molecule has 3 aliphatic heterocycles. The van der Waals surface area contributed by atoms with Gasteiger partial charge in [0.1, 0.15) is 5.82 Å². The Bertz CT molecular complexity index is 1170. The first-order valence-corrected chi connectivity index (χ1v) is 14.2.